The molecule has 0 spiro atoms. The lowest BCUT2D eigenvalue weighted by molar-refractivity contribution is -0.0828. The largest absolute Gasteiger partial charge is 0.497 e. The zero-order valence-corrected chi connectivity index (χ0v) is 16.9. The normalized spacial score (nSPS) is 24.3. The second-order valence-corrected chi connectivity index (χ2v) is 8.44. The second-order valence-electron chi connectivity index (χ2n) is 7.15. The molecule has 2 atom stereocenters. The number of hydrogen-bond acceptors (Lipinski definition) is 7. The molecule has 2 aromatic heterocycles. The van der Waals surface area contributed by atoms with Gasteiger partial charge in [0.2, 0.25) is 5.88 Å². The maximum absolute atomic E-state index is 6.49. The first-order chi connectivity index (χ1) is 13.7. The predicted molar refractivity (Wildman–Crippen MR) is 109 cm³/mol. The molecule has 146 valence electrons. The highest BCUT2D eigenvalue weighted by atomic mass is 35.5. The number of fused-ring (bicyclic) bond motifs is 3. The van der Waals surface area contributed by atoms with Crippen LogP contribution in [-0.4, -0.2) is 49.5 Å². The summed E-state index contributed by atoms with van der Waals surface area (Å²) in [6.07, 6.45) is 1.68. The summed E-state index contributed by atoms with van der Waals surface area (Å²) in [6, 6.07) is 5.68. The molecule has 4 heterocycles. The first-order valence-corrected chi connectivity index (χ1v) is 10.5. The molecule has 2 saturated heterocycles. The number of thiophene rings is 1. The molecule has 8 heteroatoms. The van der Waals surface area contributed by atoms with Gasteiger partial charge in [-0.2, -0.15) is 0 Å². The van der Waals surface area contributed by atoms with Gasteiger partial charge >= 0.3 is 0 Å². The van der Waals surface area contributed by atoms with Crippen molar-refractivity contribution in [1.82, 2.24) is 15.3 Å². The number of piperidine rings is 1. The van der Waals surface area contributed by atoms with Crippen molar-refractivity contribution in [3.05, 3.63) is 34.9 Å². The number of rotatable bonds is 4. The highest BCUT2D eigenvalue weighted by Gasteiger charge is 2.39. The van der Waals surface area contributed by atoms with E-state index in [0.717, 1.165) is 53.4 Å². The molecule has 3 aromatic rings. The fourth-order valence-electron chi connectivity index (χ4n) is 4.02. The van der Waals surface area contributed by atoms with E-state index in [0.29, 0.717) is 22.7 Å². The first-order valence-electron chi connectivity index (χ1n) is 9.26. The standard InChI is InChI=1S/C20H20ClN3O3S/c1-25-13-2-3-14(16(21)4-13)15-9-28-19-17(15)23-10-24-20(19)27-18-11-5-22-6-12(18)8-26-7-11/h2-4,9-12,18,22H,5-8H2,1H3. The Balaban J connectivity index is 1.51. The molecular formula is C20H20ClN3O3S. The van der Waals surface area contributed by atoms with E-state index < -0.39 is 0 Å². The van der Waals surface area contributed by atoms with Crippen LogP contribution in [0.5, 0.6) is 11.6 Å². The maximum atomic E-state index is 6.49. The molecule has 5 rings (SSSR count). The van der Waals surface area contributed by atoms with Crippen LogP contribution in [0.3, 0.4) is 0 Å². The van der Waals surface area contributed by atoms with Crippen LogP contribution < -0.4 is 14.8 Å². The van der Waals surface area contributed by atoms with Crippen LogP contribution in [0.1, 0.15) is 0 Å². The fourth-order valence-corrected chi connectivity index (χ4v) is 5.24. The summed E-state index contributed by atoms with van der Waals surface area (Å²) in [5, 5.41) is 6.16. The van der Waals surface area contributed by atoms with Gasteiger partial charge in [-0.25, -0.2) is 9.97 Å². The van der Waals surface area contributed by atoms with E-state index in [1.54, 1.807) is 24.8 Å². The molecule has 0 aliphatic carbocycles. The molecule has 0 saturated carbocycles. The average Bonchev–Trinajstić information content (AvgIpc) is 3.12. The van der Waals surface area contributed by atoms with Gasteiger partial charge in [-0.1, -0.05) is 11.6 Å². The number of nitrogens with zero attached hydrogens (tertiary/aromatic N) is 2. The van der Waals surface area contributed by atoms with Crippen molar-refractivity contribution in [2.75, 3.05) is 33.4 Å². The van der Waals surface area contributed by atoms with Gasteiger partial charge in [0, 0.05) is 41.4 Å². The summed E-state index contributed by atoms with van der Waals surface area (Å²) in [5.41, 5.74) is 2.76. The third kappa shape index (κ3) is 3.12. The summed E-state index contributed by atoms with van der Waals surface area (Å²) in [6.45, 7) is 3.26. The Labute approximate surface area is 171 Å². The van der Waals surface area contributed by atoms with Crippen LogP contribution in [0, 0.1) is 11.8 Å². The summed E-state index contributed by atoms with van der Waals surface area (Å²) in [4.78, 5) is 8.97. The van der Waals surface area contributed by atoms with Gasteiger partial charge in [-0.05, 0) is 18.2 Å². The second kappa shape index (κ2) is 7.48. The Morgan fingerprint density at radius 1 is 1.18 bits per heavy atom. The molecule has 6 nitrogen and oxygen atoms in total. The molecule has 2 unspecified atom stereocenters. The van der Waals surface area contributed by atoms with Crippen molar-refractivity contribution < 1.29 is 14.2 Å². The van der Waals surface area contributed by atoms with Crippen LogP contribution in [0.15, 0.2) is 29.9 Å². The van der Waals surface area contributed by atoms with E-state index in [-0.39, 0.29) is 6.10 Å². The minimum Gasteiger partial charge on any atom is -0.497 e. The third-order valence-electron chi connectivity index (χ3n) is 5.44. The van der Waals surface area contributed by atoms with Crippen LogP contribution in [0.25, 0.3) is 21.3 Å². The van der Waals surface area contributed by atoms with Gasteiger partial charge in [0.15, 0.2) is 0 Å². The van der Waals surface area contributed by atoms with E-state index in [4.69, 9.17) is 25.8 Å². The number of ether oxygens (including phenoxy) is 3. The third-order valence-corrected chi connectivity index (χ3v) is 6.71. The van der Waals surface area contributed by atoms with E-state index in [1.165, 1.54) is 0 Å². The molecule has 2 aliphatic rings. The zero-order chi connectivity index (χ0) is 19.1. The summed E-state index contributed by atoms with van der Waals surface area (Å²) in [7, 11) is 1.63. The van der Waals surface area contributed by atoms with E-state index >= 15 is 0 Å². The number of halogens is 1. The Morgan fingerprint density at radius 3 is 2.75 bits per heavy atom. The van der Waals surface area contributed by atoms with Crippen LogP contribution >= 0.6 is 22.9 Å². The highest BCUT2D eigenvalue weighted by molar-refractivity contribution is 7.18. The van der Waals surface area contributed by atoms with Crippen molar-refractivity contribution in [2.45, 2.75) is 6.10 Å². The molecule has 2 fully saturated rings. The number of methoxy groups -OCH3 is 1. The van der Waals surface area contributed by atoms with E-state index in [9.17, 15) is 0 Å². The van der Waals surface area contributed by atoms with Crippen LogP contribution in [-0.2, 0) is 4.74 Å². The van der Waals surface area contributed by atoms with Gasteiger partial charge in [0.25, 0.3) is 0 Å². The lowest BCUT2D eigenvalue weighted by Crippen LogP contribution is -2.56. The Kier molecular flexibility index (Phi) is 4.84. The minimum absolute atomic E-state index is 0.114. The number of aromatic nitrogens is 2. The number of benzene rings is 1. The van der Waals surface area contributed by atoms with Gasteiger partial charge < -0.3 is 19.5 Å². The van der Waals surface area contributed by atoms with Crippen molar-refractivity contribution >= 4 is 33.2 Å². The molecule has 1 aromatic carbocycles. The monoisotopic (exact) mass is 417 g/mol. The molecule has 0 amide bonds. The molecule has 2 bridgehead atoms. The van der Waals surface area contributed by atoms with Crippen molar-refractivity contribution in [2.24, 2.45) is 11.8 Å². The van der Waals surface area contributed by atoms with Crippen molar-refractivity contribution in [3.63, 3.8) is 0 Å². The average molecular weight is 418 g/mol. The van der Waals surface area contributed by atoms with Crippen molar-refractivity contribution in [1.29, 1.82) is 0 Å². The Bertz CT molecular complexity index is 990. The molecular weight excluding hydrogens is 398 g/mol. The Hall–Kier alpha value is -1.93. The van der Waals surface area contributed by atoms with Gasteiger partial charge in [-0.3, -0.25) is 0 Å². The maximum Gasteiger partial charge on any atom is 0.235 e. The minimum atomic E-state index is 0.114. The SMILES string of the molecule is COc1ccc(-c2csc3c(OC4C5CNCC4COC5)ncnc23)c(Cl)c1. The zero-order valence-electron chi connectivity index (χ0n) is 15.4. The summed E-state index contributed by atoms with van der Waals surface area (Å²) < 4.78 is 18.3. The molecule has 28 heavy (non-hydrogen) atoms. The number of nitrogens with one attached hydrogen (secondary N) is 1. The molecule has 0 radical (unpaired) electrons. The predicted octanol–water partition coefficient (Wildman–Crippen LogP) is 3.63. The molecule has 1 N–H and O–H groups in total. The Morgan fingerprint density at radius 2 is 2.00 bits per heavy atom. The van der Waals surface area contributed by atoms with Crippen molar-refractivity contribution in [3.8, 4) is 22.8 Å². The first kappa shape index (κ1) is 18.1. The van der Waals surface area contributed by atoms with Crippen LogP contribution in [0.2, 0.25) is 5.02 Å². The van der Waals surface area contributed by atoms with Gasteiger partial charge in [0.1, 0.15) is 22.9 Å². The van der Waals surface area contributed by atoms with Gasteiger partial charge in [0.05, 0.1) is 30.9 Å². The lowest BCUT2D eigenvalue weighted by Gasteiger charge is -2.41. The number of hydrogen-bond donors (Lipinski definition) is 1. The summed E-state index contributed by atoms with van der Waals surface area (Å²) in [5.74, 6) is 2.06. The smallest absolute Gasteiger partial charge is 0.235 e. The van der Waals surface area contributed by atoms with E-state index in [2.05, 4.69) is 20.7 Å². The van der Waals surface area contributed by atoms with E-state index in [1.807, 2.05) is 18.2 Å². The topological polar surface area (TPSA) is 65.5 Å². The van der Waals surface area contributed by atoms with Crippen LogP contribution in [0.4, 0.5) is 0 Å². The summed E-state index contributed by atoms with van der Waals surface area (Å²) >= 11 is 8.07. The fraction of sp³-hybridized carbons (Fsp3) is 0.400. The molecule has 2 aliphatic heterocycles. The quantitative estimate of drug-likeness (QED) is 0.699. The lowest BCUT2D eigenvalue weighted by atomic mass is 9.86. The van der Waals surface area contributed by atoms with Gasteiger partial charge in [-0.15, -0.1) is 11.3 Å². The highest BCUT2D eigenvalue weighted by Crippen LogP contribution is 2.41.